The summed E-state index contributed by atoms with van der Waals surface area (Å²) in [6, 6.07) is 9.15. The Morgan fingerprint density at radius 2 is 2.14 bits per heavy atom. The Kier molecular flexibility index (Phi) is 3.96. The molecule has 112 valence electrons. The van der Waals surface area contributed by atoms with Gasteiger partial charge in [-0.05, 0) is 35.6 Å². The molecule has 0 aliphatic heterocycles. The highest BCUT2D eigenvalue weighted by molar-refractivity contribution is 5.85. The second kappa shape index (κ2) is 5.74. The first-order chi connectivity index (χ1) is 10.1. The van der Waals surface area contributed by atoms with Gasteiger partial charge in [0, 0.05) is 36.4 Å². The van der Waals surface area contributed by atoms with E-state index in [1.54, 1.807) is 0 Å². The fourth-order valence-corrected chi connectivity index (χ4v) is 3.57. The Labute approximate surface area is 127 Å². The molecule has 0 saturated heterocycles. The van der Waals surface area contributed by atoms with Crippen LogP contribution in [0.5, 0.6) is 0 Å². The van der Waals surface area contributed by atoms with Gasteiger partial charge in [-0.15, -0.1) is 0 Å². The van der Waals surface area contributed by atoms with E-state index in [1.807, 2.05) is 12.4 Å². The highest BCUT2D eigenvalue weighted by Crippen LogP contribution is 2.38. The van der Waals surface area contributed by atoms with Crippen molar-refractivity contribution in [2.45, 2.75) is 45.2 Å². The zero-order chi connectivity index (χ0) is 14.9. The highest BCUT2D eigenvalue weighted by Gasteiger charge is 2.32. The number of rotatable bonds is 4. The molecule has 1 aromatic carbocycles. The van der Waals surface area contributed by atoms with Crippen LogP contribution in [0.4, 0.5) is 0 Å². The highest BCUT2D eigenvalue weighted by atomic mass is 15.0. The van der Waals surface area contributed by atoms with Gasteiger partial charge < -0.3 is 11.1 Å². The molecule has 1 aliphatic carbocycles. The molecule has 1 aliphatic rings. The van der Waals surface area contributed by atoms with Crippen molar-refractivity contribution in [2.24, 2.45) is 11.1 Å². The first-order valence-corrected chi connectivity index (χ1v) is 7.88. The van der Waals surface area contributed by atoms with Gasteiger partial charge in [-0.1, -0.05) is 38.1 Å². The van der Waals surface area contributed by atoms with Crippen LogP contribution in [0.15, 0.2) is 36.7 Å². The molecule has 0 spiro atoms. The molecule has 21 heavy (non-hydrogen) atoms. The van der Waals surface area contributed by atoms with E-state index in [9.17, 15) is 0 Å². The summed E-state index contributed by atoms with van der Waals surface area (Å²) in [4.78, 5) is 4.39. The number of pyridine rings is 1. The van der Waals surface area contributed by atoms with Crippen LogP contribution in [0.3, 0.4) is 0 Å². The largest absolute Gasteiger partial charge is 0.329 e. The summed E-state index contributed by atoms with van der Waals surface area (Å²) in [7, 11) is 0. The molecule has 3 N–H and O–H groups in total. The SMILES string of the molecule is CC1(C)CCC(NC(CN)c2cncc3ccccc23)C1. The third-order valence-electron chi connectivity index (χ3n) is 4.72. The number of nitrogens with two attached hydrogens (primary N) is 1. The van der Waals surface area contributed by atoms with E-state index in [2.05, 4.69) is 48.4 Å². The van der Waals surface area contributed by atoms with Crippen molar-refractivity contribution >= 4 is 10.8 Å². The second-order valence-electron chi connectivity index (χ2n) is 7.01. The van der Waals surface area contributed by atoms with E-state index < -0.39 is 0 Å². The molecule has 1 saturated carbocycles. The molecule has 2 aromatic rings. The molecular formula is C18H25N3. The van der Waals surface area contributed by atoms with Gasteiger partial charge in [-0.2, -0.15) is 0 Å². The maximum Gasteiger partial charge on any atom is 0.0468 e. The molecule has 1 fully saturated rings. The van der Waals surface area contributed by atoms with Crippen LogP contribution in [0, 0.1) is 5.41 Å². The van der Waals surface area contributed by atoms with Gasteiger partial charge in [0.25, 0.3) is 0 Å². The van der Waals surface area contributed by atoms with E-state index in [0.29, 0.717) is 18.0 Å². The quantitative estimate of drug-likeness (QED) is 0.904. The topological polar surface area (TPSA) is 50.9 Å². The smallest absolute Gasteiger partial charge is 0.0468 e. The number of benzene rings is 1. The van der Waals surface area contributed by atoms with E-state index in [1.165, 1.54) is 35.6 Å². The summed E-state index contributed by atoms with van der Waals surface area (Å²) >= 11 is 0. The third-order valence-corrected chi connectivity index (χ3v) is 4.72. The minimum absolute atomic E-state index is 0.183. The fraction of sp³-hybridized carbons (Fsp3) is 0.500. The number of hydrogen-bond donors (Lipinski definition) is 2. The Morgan fingerprint density at radius 1 is 1.33 bits per heavy atom. The summed E-state index contributed by atoms with van der Waals surface area (Å²) in [6.07, 6.45) is 7.64. The molecule has 2 unspecified atom stereocenters. The first kappa shape index (κ1) is 14.5. The van der Waals surface area contributed by atoms with Crippen molar-refractivity contribution in [3.63, 3.8) is 0 Å². The van der Waals surface area contributed by atoms with Gasteiger partial charge >= 0.3 is 0 Å². The zero-order valence-electron chi connectivity index (χ0n) is 13.0. The number of hydrogen-bond acceptors (Lipinski definition) is 3. The lowest BCUT2D eigenvalue weighted by Crippen LogP contribution is -2.36. The molecular weight excluding hydrogens is 258 g/mol. The molecule has 3 nitrogen and oxygen atoms in total. The van der Waals surface area contributed by atoms with Crippen LogP contribution in [0.25, 0.3) is 10.8 Å². The maximum atomic E-state index is 6.05. The Morgan fingerprint density at radius 3 is 2.86 bits per heavy atom. The fourth-order valence-electron chi connectivity index (χ4n) is 3.57. The zero-order valence-corrected chi connectivity index (χ0v) is 13.0. The van der Waals surface area contributed by atoms with E-state index >= 15 is 0 Å². The predicted octanol–water partition coefficient (Wildman–Crippen LogP) is 3.40. The monoisotopic (exact) mass is 283 g/mol. The van der Waals surface area contributed by atoms with Crippen molar-refractivity contribution in [1.29, 1.82) is 0 Å². The van der Waals surface area contributed by atoms with Crippen LogP contribution in [0.2, 0.25) is 0 Å². The number of aromatic nitrogens is 1. The summed E-state index contributed by atoms with van der Waals surface area (Å²) in [5.74, 6) is 0. The van der Waals surface area contributed by atoms with Crippen LogP contribution in [-0.4, -0.2) is 17.6 Å². The van der Waals surface area contributed by atoms with Crippen molar-refractivity contribution in [3.8, 4) is 0 Å². The molecule has 0 bridgehead atoms. The maximum absolute atomic E-state index is 6.05. The Balaban J connectivity index is 1.85. The van der Waals surface area contributed by atoms with Gasteiger partial charge in [-0.3, -0.25) is 4.98 Å². The van der Waals surface area contributed by atoms with Gasteiger partial charge in [0.2, 0.25) is 0 Å². The molecule has 3 rings (SSSR count). The van der Waals surface area contributed by atoms with Crippen molar-refractivity contribution < 1.29 is 0 Å². The standard InChI is InChI=1S/C18H25N3/c1-18(2)8-7-14(9-18)21-17(10-19)16-12-20-11-13-5-3-4-6-15(13)16/h3-6,11-12,14,17,21H,7-10,19H2,1-2H3. The summed E-state index contributed by atoms with van der Waals surface area (Å²) < 4.78 is 0. The lowest BCUT2D eigenvalue weighted by molar-refractivity contribution is 0.353. The average Bonchev–Trinajstić information content (AvgIpc) is 2.83. The Bertz CT molecular complexity index is 615. The Hall–Kier alpha value is -1.45. The summed E-state index contributed by atoms with van der Waals surface area (Å²) in [5.41, 5.74) is 7.73. The van der Waals surface area contributed by atoms with Gasteiger partial charge in [0.1, 0.15) is 0 Å². The van der Waals surface area contributed by atoms with Crippen molar-refractivity contribution in [3.05, 3.63) is 42.2 Å². The number of fused-ring (bicyclic) bond motifs is 1. The lowest BCUT2D eigenvalue weighted by atomic mass is 9.91. The molecule has 0 amide bonds. The van der Waals surface area contributed by atoms with Crippen LogP contribution in [0.1, 0.15) is 44.7 Å². The average molecular weight is 283 g/mol. The first-order valence-electron chi connectivity index (χ1n) is 7.88. The van der Waals surface area contributed by atoms with Crippen LogP contribution in [-0.2, 0) is 0 Å². The van der Waals surface area contributed by atoms with Crippen LogP contribution >= 0.6 is 0 Å². The molecule has 0 radical (unpaired) electrons. The number of nitrogens with zero attached hydrogens (tertiary/aromatic N) is 1. The van der Waals surface area contributed by atoms with Crippen molar-refractivity contribution in [2.75, 3.05) is 6.54 Å². The van der Waals surface area contributed by atoms with E-state index in [-0.39, 0.29) is 6.04 Å². The van der Waals surface area contributed by atoms with Crippen molar-refractivity contribution in [1.82, 2.24) is 10.3 Å². The molecule has 3 heteroatoms. The minimum atomic E-state index is 0.183. The van der Waals surface area contributed by atoms with Gasteiger partial charge in [0.15, 0.2) is 0 Å². The van der Waals surface area contributed by atoms with Gasteiger partial charge in [0.05, 0.1) is 0 Å². The molecule has 2 atom stereocenters. The third kappa shape index (κ3) is 3.09. The summed E-state index contributed by atoms with van der Waals surface area (Å²) in [6.45, 7) is 5.31. The van der Waals surface area contributed by atoms with Crippen LogP contribution < -0.4 is 11.1 Å². The van der Waals surface area contributed by atoms with E-state index in [0.717, 1.165) is 0 Å². The van der Waals surface area contributed by atoms with Gasteiger partial charge in [-0.25, -0.2) is 0 Å². The lowest BCUT2D eigenvalue weighted by Gasteiger charge is -2.24. The summed E-state index contributed by atoms with van der Waals surface area (Å²) in [5, 5.41) is 6.20. The minimum Gasteiger partial charge on any atom is -0.329 e. The molecule has 1 heterocycles. The van der Waals surface area contributed by atoms with E-state index in [4.69, 9.17) is 5.73 Å². The normalized spacial score (nSPS) is 22.5. The predicted molar refractivity (Wildman–Crippen MR) is 88.1 cm³/mol. The molecule has 1 aromatic heterocycles. The second-order valence-corrected chi connectivity index (χ2v) is 7.01. The number of nitrogens with one attached hydrogen (secondary N) is 1.